The highest BCUT2D eigenvalue weighted by Gasteiger charge is 2.18. The number of aryl methyl sites for hydroxylation is 1. The zero-order chi connectivity index (χ0) is 16.9. The van der Waals surface area contributed by atoms with E-state index in [9.17, 15) is 5.11 Å². The van der Waals surface area contributed by atoms with Crippen molar-refractivity contribution in [1.29, 1.82) is 0 Å². The van der Waals surface area contributed by atoms with Gasteiger partial charge < -0.3 is 19.2 Å². The molecule has 3 aromatic rings. The Hall–Kier alpha value is -2.67. The van der Waals surface area contributed by atoms with E-state index in [1.807, 2.05) is 24.3 Å². The molecule has 0 amide bonds. The minimum atomic E-state index is 0.106. The van der Waals surface area contributed by atoms with Crippen LogP contribution in [0.25, 0.3) is 11.2 Å². The number of hydrogen-bond acceptors (Lipinski definition) is 7. The average molecular weight is 328 g/mol. The Kier molecular flexibility index (Phi) is 4.90. The molecule has 0 unspecified atom stereocenters. The summed E-state index contributed by atoms with van der Waals surface area (Å²) in [5.74, 6) is 2.05. The van der Waals surface area contributed by atoms with E-state index in [4.69, 9.17) is 9.15 Å². The third kappa shape index (κ3) is 3.30. The Bertz CT molecular complexity index is 818. The van der Waals surface area contributed by atoms with Crippen molar-refractivity contribution in [3.05, 3.63) is 42.0 Å². The summed E-state index contributed by atoms with van der Waals surface area (Å²) in [6.45, 7) is 3.10. The van der Waals surface area contributed by atoms with Crippen LogP contribution in [0.1, 0.15) is 17.9 Å². The van der Waals surface area contributed by atoms with Crippen LogP contribution in [0.4, 0.5) is 5.82 Å². The van der Waals surface area contributed by atoms with E-state index in [1.54, 1.807) is 14.0 Å². The lowest BCUT2D eigenvalue weighted by Crippen LogP contribution is -2.26. The van der Waals surface area contributed by atoms with E-state index < -0.39 is 0 Å². The number of hydrogen-bond donors (Lipinski definition) is 1. The molecule has 0 saturated carbocycles. The molecule has 0 spiro atoms. The summed E-state index contributed by atoms with van der Waals surface area (Å²) in [5, 5.41) is 9.23. The fourth-order valence-electron chi connectivity index (χ4n) is 2.64. The number of oxazole rings is 1. The van der Waals surface area contributed by atoms with Gasteiger partial charge in [0.05, 0.1) is 7.11 Å². The average Bonchev–Trinajstić information content (AvgIpc) is 2.99. The minimum Gasteiger partial charge on any atom is -0.496 e. The molecule has 0 aliphatic rings. The van der Waals surface area contributed by atoms with Crippen molar-refractivity contribution in [3.8, 4) is 5.75 Å². The molecule has 1 N–H and O–H groups in total. The van der Waals surface area contributed by atoms with E-state index in [0.717, 1.165) is 11.3 Å². The van der Waals surface area contributed by atoms with Crippen LogP contribution in [-0.2, 0) is 6.54 Å². The predicted molar refractivity (Wildman–Crippen MR) is 90.1 cm³/mol. The number of rotatable bonds is 7. The summed E-state index contributed by atoms with van der Waals surface area (Å²) < 4.78 is 10.9. The summed E-state index contributed by atoms with van der Waals surface area (Å²) in [6.07, 6.45) is 2.09. The normalized spacial score (nSPS) is 11.0. The van der Waals surface area contributed by atoms with Gasteiger partial charge in [0.15, 0.2) is 17.2 Å². The molecule has 0 aliphatic carbocycles. The second-order valence-electron chi connectivity index (χ2n) is 5.39. The van der Waals surface area contributed by atoms with E-state index >= 15 is 0 Å². The zero-order valence-electron chi connectivity index (χ0n) is 13.8. The highest BCUT2D eigenvalue weighted by atomic mass is 16.5. The molecule has 7 nitrogen and oxygen atoms in total. The van der Waals surface area contributed by atoms with Crippen LogP contribution < -0.4 is 9.64 Å². The lowest BCUT2D eigenvalue weighted by molar-refractivity contribution is 0.289. The number of fused-ring (bicyclic) bond motifs is 1. The van der Waals surface area contributed by atoms with Gasteiger partial charge in [0.25, 0.3) is 5.71 Å². The van der Waals surface area contributed by atoms with Gasteiger partial charge >= 0.3 is 0 Å². The maximum atomic E-state index is 9.23. The van der Waals surface area contributed by atoms with Gasteiger partial charge in [-0.25, -0.2) is 9.97 Å². The Balaban J connectivity index is 1.99. The Morgan fingerprint density at radius 2 is 2.08 bits per heavy atom. The van der Waals surface area contributed by atoms with E-state index in [0.29, 0.717) is 42.4 Å². The largest absolute Gasteiger partial charge is 0.496 e. The molecule has 0 bridgehead atoms. The van der Waals surface area contributed by atoms with Crippen molar-refractivity contribution in [2.24, 2.45) is 0 Å². The van der Waals surface area contributed by atoms with Crippen LogP contribution in [0.5, 0.6) is 5.75 Å². The number of para-hydroxylation sites is 1. The van der Waals surface area contributed by atoms with Crippen molar-refractivity contribution in [2.45, 2.75) is 19.9 Å². The molecule has 7 heteroatoms. The molecule has 2 heterocycles. The van der Waals surface area contributed by atoms with E-state index in [1.165, 1.54) is 6.33 Å². The number of aliphatic hydroxyl groups is 1. The van der Waals surface area contributed by atoms with Gasteiger partial charge in [-0.15, -0.1) is 0 Å². The fraction of sp³-hybridized carbons (Fsp3) is 0.353. The number of methoxy groups -OCH3 is 1. The molecule has 3 rings (SSSR count). The summed E-state index contributed by atoms with van der Waals surface area (Å²) in [5.41, 5.74) is 2.12. The summed E-state index contributed by atoms with van der Waals surface area (Å²) in [4.78, 5) is 15.0. The molecular formula is C17H20N4O3. The van der Waals surface area contributed by atoms with Crippen LogP contribution >= 0.6 is 0 Å². The number of benzene rings is 1. The zero-order valence-corrected chi connectivity index (χ0v) is 13.8. The van der Waals surface area contributed by atoms with E-state index in [2.05, 4.69) is 19.9 Å². The van der Waals surface area contributed by atoms with Crippen molar-refractivity contribution in [2.75, 3.05) is 25.2 Å². The Labute approximate surface area is 139 Å². The molecule has 0 saturated heterocycles. The van der Waals surface area contributed by atoms with Crippen molar-refractivity contribution < 1.29 is 14.3 Å². The molecule has 126 valence electrons. The minimum absolute atomic E-state index is 0.106. The first-order chi connectivity index (χ1) is 11.7. The monoisotopic (exact) mass is 328 g/mol. The lowest BCUT2D eigenvalue weighted by atomic mass is 10.2. The van der Waals surface area contributed by atoms with Crippen LogP contribution in [0.15, 0.2) is 35.0 Å². The molecule has 2 aromatic heterocycles. The van der Waals surface area contributed by atoms with Crippen LogP contribution in [-0.4, -0.2) is 40.3 Å². The molecule has 24 heavy (non-hydrogen) atoms. The first kappa shape index (κ1) is 16.2. The first-order valence-electron chi connectivity index (χ1n) is 7.78. The maximum Gasteiger partial charge on any atom is 0.252 e. The van der Waals surface area contributed by atoms with Crippen molar-refractivity contribution in [1.82, 2.24) is 15.0 Å². The SMILES string of the molecule is COc1ccccc1CN(CCCO)c1ncnc2oc(C)nc12. The summed E-state index contributed by atoms with van der Waals surface area (Å²) in [7, 11) is 1.65. The van der Waals surface area contributed by atoms with Crippen LogP contribution in [0.3, 0.4) is 0 Å². The third-order valence-corrected chi connectivity index (χ3v) is 3.72. The molecule has 0 atom stereocenters. The summed E-state index contributed by atoms with van der Waals surface area (Å²) in [6, 6.07) is 7.84. The predicted octanol–water partition coefficient (Wildman–Crippen LogP) is 2.32. The van der Waals surface area contributed by atoms with Gasteiger partial charge in [-0.1, -0.05) is 18.2 Å². The number of aromatic nitrogens is 3. The second-order valence-corrected chi connectivity index (χ2v) is 5.39. The Morgan fingerprint density at radius 1 is 1.25 bits per heavy atom. The lowest BCUT2D eigenvalue weighted by Gasteiger charge is -2.24. The fourth-order valence-corrected chi connectivity index (χ4v) is 2.64. The van der Waals surface area contributed by atoms with Gasteiger partial charge in [-0.2, -0.15) is 4.98 Å². The molecule has 0 aliphatic heterocycles. The number of aliphatic hydroxyl groups excluding tert-OH is 1. The van der Waals surface area contributed by atoms with Crippen molar-refractivity contribution in [3.63, 3.8) is 0 Å². The standard InChI is InChI=1S/C17H20N4O3/c1-12-20-15-16(18-11-19-17(15)24-12)21(8-5-9-22)10-13-6-3-4-7-14(13)23-2/h3-4,6-7,11,22H,5,8-10H2,1-2H3. The Morgan fingerprint density at radius 3 is 2.88 bits per heavy atom. The highest BCUT2D eigenvalue weighted by molar-refractivity contribution is 5.81. The second kappa shape index (κ2) is 7.27. The number of nitrogens with zero attached hydrogens (tertiary/aromatic N) is 4. The highest BCUT2D eigenvalue weighted by Crippen LogP contribution is 2.27. The molecular weight excluding hydrogens is 308 g/mol. The van der Waals surface area contributed by atoms with Crippen molar-refractivity contribution >= 4 is 17.0 Å². The van der Waals surface area contributed by atoms with Gasteiger partial charge in [0, 0.05) is 32.2 Å². The van der Waals surface area contributed by atoms with Crippen LogP contribution in [0, 0.1) is 6.92 Å². The molecule has 1 aromatic carbocycles. The third-order valence-electron chi connectivity index (χ3n) is 3.72. The van der Waals surface area contributed by atoms with Crippen LogP contribution in [0.2, 0.25) is 0 Å². The van der Waals surface area contributed by atoms with Gasteiger partial charge in [0.2, 0.25) is 0 Å². The van der Waals surface area contributed by atoms with Gasteiger partial charge in [0.1, 0.15) is 12.1 Å². The molecule has 0 fully saturated rings. The smallest absolute Gasteiger partial charge is 0.252 e. The van der Waals surface area contributed by atoms with E-state index in [-0.39, 0.29) is 6.61 Å². The van der Waals surface area contributed by atoms with Gasteiger partial charge in [-0.05, 0) is 12.5 Å². The summed E-state index contributed by atoms with van der Waals surface area (Å²) >= 11 is 0. The maximum absolute atomic E-state index is 9.23. The first-order valence-corrected chi connectivity index (χ1v) is 7.78. The topological polar surface area (TPSA) is 84.5 Å². The number of ether oxygens (including phenoxy) is 1. The quantitative estimate of drug-likeness (QED) is 0.712. The van der Waals surface area contributed by atoms with Gasteiger partial charge in [-0.3, -0.25) is 0 Å². The molecule has 0 radical (unpaired) electrons. The number of anilines is 1.